The van der Waals surface area contributed by atoms with E-state index < -0.39 is 5.97 Å². The summed E-state index contributed by atoms with van der Waals surface area (Å²) in [6.45, 7) is 0. The van der Waals surface area contributed by atoms with Crippen LogP contribution in [0.1, 0.15) is 88.2 Å². The van der Waals surface area contributed by atoms with Gasteiger partial charge in [0.15, 0.2) is 0 Å². The van der Waals surface area contributed by atoms with Crippen LogP contribution >= 0.6 is 0 Å². The molecule has 1 N–H and O–H groups in total. The van der Waals surface area contributed by atoms with Crippen molar-refractivity contribution < 1.29 is 9.90 Å². The van der Waals surface area contributed by atoms with Crippen molar-refractivity contribution in [1.82, 2.24) is 0 Å². The molecule has 2 aromatic rings. The molecule has 0 bridgehead atoms. The van der Waals surface area contributed by atoms with Gasteiger partial charge < -0.3 is 5.11 Å². The highest BCUT2D eigenvalue weighted by Gasteiger charge is 2.49. The highest BCUT2D eigenvalue weighted by molar-refractivity contribution is 5.71. The van der Waals surface area contributed by atoms with Gasteiger partial charge in [-0.2, -0.15) is 0 Å². The Bertz CT molecular complexity index is 834. The smallest absolute Gasteiger partial charge is 0.307 e. The molecule has 2 fully saturated rings. The van der Waals surface area contributed by atoms with Crippen molar-refractivity contribution in [2.75, 3.05) is 0 Å². The van der Waals surface area contributed by atoms with Crippen LogP contribution in [0.15, 0.2) is 60.7 Å². The largest absolute Gasteiger partial charge is 0.481 e. The van der Waals surface area contributed by atoms with Gasteiger partial charge in [0.2, 0.25) is 0 Å². The standard InChI is InChI=1S/C31H42O2/c32-30(33)29(23-26-15-7-2-8-16-26)31(28-19-11-4-12-20-28,24-27-17-9-3-10-18-27)22-21-25-13-5-1-6-14-25/h1-2,5-8,13-16,27-29H,3-4,9-12,17-24H2,(H,32,33). The van der Waals surface area contributed by atoms with Crippen LogP contribution in [0.25, 0.3) is 0 Å². The molecular weight excluding hydrogens is 404 g/mol. The zero-order chi connectivity index (χ0) is 22.9. The van der Waals surface area contributed by atoms with Crippen molar-refractivity contribution in [1.29, 1.82) is 0 Å². The van der Waals surface area contributed by atoms with Crippen LogP contribution < -0.4 is 0 Å². The lowest BCUT2D eigenvalue weighted by Crippen LogP contribution is -2.46. The molecule has 0 heterocycles. The number of aliphatic carboxylic acids is 1. The monoisotopic (exact) mass is 446 g/mol. The molecule has 2 heteroatoms. The average molecular weight is 447 g/mol. The fourth-order valence-corrected chi connectivity index (χ4v) is 7.09. The lowest BCUT2D eigenvalue weighted by Gasteiger charge is -2.49. The Labute approximate surface area is 200 Å². The second kappa shape index (κ2) is 11.9. The van der Waals surface area contributed by atoms with Crippen LogP contribution in [0.4, 0.5) is 0 Å². The van der Waals surface area contributed by atoms with E-state index in [1.54, 1.807) is 0 Å². The second-order valence-electron chi connectivity index (χ2n) is 10.8. The van der Waals surface area contributed by atoms with Gasteiger partial charge in [0.05, 0.1) is 5.92 Å². The third kappa shape index (κ3) is 6.28. The number of hydrogen-bond donors (Lipinski definition) is 1. The Kier molecular flexibility index (Phi) is 8.64. The Hall–Kier alpha value is -2.09. The highest BCUT2D eigenvalue weighted by Crippen LogP contribution is 2.53. The van der Waals surface area contributed by atoms with Crippen LogP contribution in [0.2, 0.25) is 0 Å². The molecule has 2 nitrogen and oxygen atoms in total. The molecule has 0 amide bonds. The summed E-state index contributed by atoms with van der Waals surface area (Å²) in [6.07, 6.45) is 16.6. The number of benzene rings is 2. The van der Waals surface area contributed by atoms with E-state index >= 15 is 0 Å². The number of hydrogen-bond acceptors (Lipinski definition) is 1. The Morgan fingerprint density at radius 2 is 1.33 bits per heavy atom. The number of rotatable bonds is 10. The molecule has 0 radical (unpaired) electrons. The zero-order valence-corrected chi connectivity index (χ0v) is 20.3. The third-order valence-corrected chi connectivity index (χ3v) is 8.81. The third-order valence-electron chi connectivity index (χ3n) is 8.81. The minimum Gasteiger partial charge on any atom is -0.481 e. The molecule has 2 aromatic carbocycles. The van der Waals surface area contributed by atoms with Gasteiger partial charge in [-0.25, -0.2) is 0 Å². The number of carboxylic acid groups (broad SMARTS) is 1. The van der Waals surface area contributed by atoms with Gasteiger partial charge in [0.25, 0.3) is 0 Å². The van der Waals surface area contributed by atoms with Crippen molar-refractivity contribution in [2.45, 2.75) is 89.9 Å². The Balaban J connectivity index is 1.71. The van der Waals surface area contributed by atoms with Gasteiger partial charge >= 0.3 is 5.97 Å². The number of carbonyl (C=O) groups is 1. The quantitative estimate of drug-likeness (QED) is 0.400. The predicted molar refractivity (Wildman–Crippen MR) is 136 cm³/mol. The summed E-state index contributed by atoms with van der Waals surface area (Å²) in [4.78, 5) is 13.0. The molecule has 178 valence electrons. The molecule has 0 aromatic heterocycles. The van der Waals surface area contributed by atoms with Gasteiger partial charge in [-0.15, -0.1) is 0 Å². The van der Waals surface area contributed by atoms with E-state index in [-0.39, 0.29) is 11.3 Å². The average Bonchev–Trinajstić information content (AvgIpc) is 2.87. The number of aryl methyl sites for hydroxylation is 1. The van der Waals surface area contributed by atoms with Gasteiger partial charge in [0.1, 0.15) is 0 Å². The fourth-order valence-electron chi connectivity index (χ4n) is 7.09. The van der Waals surface area contributed by atoms with E-state index in [2.05, 4.69) is 54.6 Å². The van der Waals surface area contributed by atoms with E-state index in [4.69, 9.17) is 0 Å². The normalized spacial score (nSPS) is 20.7. The molecular formula is C31H42O2. The SMILES string of the molecule is O=C(O)C(Cc1ccccc1)C(CCc1ccccc1)(CC1CCCCC1)C1CCCCC1. The number of carboxylic acids is 1. The van der Waals surface area contributed by atoms with Crippen LogP contribution in [0, 0.1) is 23.2 Å². The maximum atomic E-state index is 13.0. The molecule has 0 spiro atoms. The molecule has 2 atom stereocenters. The summed E-state index contributed by atoms with van der Waals surface area (Å²) < 4.78 is 0. The van der Waals surface area contributed by atoms with Crippen molar-refractivity contribution in [3.05, 3.63) is 71.8 Å². The highest BCUT2D eigenvalue weighted by atomic mass is 16.4. The first-order chi connectivity index (χ1) is 16.2. The molecule has 2 aliphatic rings. The molecule has 33 heavy (non-hydrogen) atoms. The molecule has 2 saturated carbocycles. The summed E-state index contributed by atoms with van der Waals surface area (Å²) in [7, 11) is 0. The molecule has 2 unspecified atom stereocenters. The summed E-state index contributed by atoms with van der Waals surface area (Å²) in [5.74, 6) is 0.331. The predicted octanol–water partition coefficient (Wildman–Crippen LogP) is 8.10. The van der Waals surface area contributed by atoms with Gasteiger partial charge in [0, 0.05) is 0 Å². The Morgan fingerprint density at radius 3 is 1.91 bits per heavy atom. The fraction of sp³-hybridized carbons (Fsp3) is 0.581. The lowest BCUT2D eigenvalue weighted by atomic mass is 9.54. The molecule has 0 saturated heterocycles. The summed E-state index contributed by atoms with van der Waals surface area (Å²) in [5.41, 5.74) is 2.40. The van der Waals surface area contributed by atoms with Gasteiger partial charge in [-0.05, 0) is 66.9 Å². The van der Waals surface area contributed by atoms with E-state index in [1.165, 1.54) is 75.3 Å². The molecule has 0 aliphatic heterocycles. The summed E-state index contributed by atoms with van der Waals surface area (Å²) >= 11 is 0. The van der Waals surface area contributed by atoms with Crippen LogP contribution in [0.3, 0.4) is 0 Å². The first kappa shape index (κ1) is 24.0. The summed E-state index contributed by atoms with van der Waals surface area (Å²) in [5, 5.41) is 10.7. The van der Waals surface area contributed by atoms with Crippen molar-refractivity contribution >= 4 is 5.97 Å². The van der Waals surface area contributed by atoms with Gasteiger partial charge in [-0.3, -0.25) is 4.79 Å². The maximum Gasteiger partial charge on any atom is 0.307 e. The van der Waals surface area contributed by atoms with E-state index in [1.807, 2.05) is 6.07 Å². The van der Waals surface area contributed by atoms with E-state index in [0.717, 1.165) is 19.3 Å². The van der Waals surface area contributed by atoms with Crippen molar-refractivity contribution in [3.63, 3.8) is 0 Å². The lowest BCUT2D eigenvalue weighted by molar-refractivity contribution is -0.151. The first-order valence-corrected chi connectivity index (χ1v) is 13.5. The molecule has 2 aliphatic carbocycles. The van der Waals surface area contributed by atoms with E-state index in [0.29, 0.717) is 18.3 Å². The zero-order valence-electron chi connectivity index (χ0n) is 20.3. The van der Waals surface area contributed by atoms with Crippen molar-refractivity contribution in [2.24, 2.45) is 23.2 Å². The second-order valence-corrected chi connectivity index (χ2v) is 10.8. The molecule has 4 rings (SSSR count). The first-order valence-electron chi connectivity index (χ1n) is 13.5. The van der Waals surface area contributed by atoms with Crippen LogP contribution in [-0.2, 0) is 17.6 Å². The van der Waals surface area contributed by atoms with Crippen LogP contribution in [0.5, 0.6) is 0 Å². The summed E-state index contributed by atoms with van der Waals surface area (Å²) in [6, 6.07) is 21.2. The maximum absolute atomic E-state index is 13.0. The van der Waals surface area contributed by atoms with E-state index in [9.17, 15) is 9.90 Å². The minimum absolute atomic E-state index is 0.125. The Morgan fingerprint density at radius 1 is 0.788 bits per heavy atom. The van der Waals surface area contributed by atoms with Crippen molar-refractivity contribution in [3.8, 4) is 0 Å². The minimum atomic E-state index is -0.576. The van der Waals surface area contributed by atoms with Crippen LogP contribution in [-0.4, -0.2) is 11.1 Å². The van der Waals surface area contributed by atoms with Gasteiger partial charge in [-0.1, -0.05) is 112 Å². The topological polar surface area (TPSA) is 37.3 Å².